The first-order valence-corrected chi connectivity index (χ1v) is 9.56. The SMILES string of the molecule is C[C@@H]1CCCCN1c1nc(Nc2ccccc2F)nc(Oc2ccc(F)cc2)n1. The molecule has 1 N–H and O–H groups in total. The Hall–Kier alpha value is -3.29. The van der Waals surface area contributed by atoms with Crippen molar-refractivity contribution in [3.63, 3.8) is 0 Å². The number of halogens is 2. The van der Waals surface area contributed by atoms with Gasteiger partial charge < -0.3 is 15.0 Å². The van der Waals surface area contributed by atoms with Gasteiger partial charge in [-0.2, -0.15) is 15.0 Å². The lowest BCUT2D eigenvalue weighted by Crippen LogP contribution is -2.38. The molecule has 0 bridgehead atoms. The minimum atomic E-state index is -0.415. The molecule has 0 radical (unpaired) electrons. The van der Waals surface area contributed by atoms with E-state index in [4.69, 9.17) is 4.74 Å². The number of aromatic nitrogens is 3. The summed E-state index contributed by atoms with van der Waals surface area (Å²) < 4.78 is 33.0. The lowest BCUT2D eigenvalue weighted by molar-refractivity contribution is 0.431. The highest BCUT2D eigenvalue weighted by Crippen LogP contribution is 2.27. The number of nitrogens with one attached hydrogen (secondary N) is 1. The van der Waals surface area contributed by atoms with E-state index in [9.17, 15) is 8.78 Å². The van der Waals surface area contributed by atoms with Gasteiger partial charge in [0.2, 0.25) is 11.9 Å². The van der Waals surface area contributed by atoms with Gasteiger partial charge in [0.1, 0.15) is 17.4 Å². The Bertz CT molecular complexity index is 983. The topological polar surface area (TPSA) is 63.2 Å². The number of para-hydroxylation sites is 1. The minimum Gasteiger partial charge on any atom is -0.424 e. The standard InChI is InChI=1S/C21H21F2N5O/c1-14-6-4-5-13-28(14)20-25-19(24-18-8-3-2-7-17(18)23)26-21(27-20)29-16-11-9-15(22)10-12-16/h2-3,7-12,14H,4-6,13H2,1H3,(H,24,25,26,27)/t14-/m1/s1. The van der Waals surface area contributed by atoms with Gasteiger partial charge in [-0.3, -0.25) is 0 Å². The zero-order chi connectivity index (χ0) is 20.2. The first-order valence-electron chi connectivity index (χ1n) is 9.56. The van der Waals surface area contributed by atoms with Crippen LogP contribution in [-0.2, 0) is 0 Å². The van der Waals surface area contributed by atoms with Crippen molar-refractivity contribution in [1.29, 1.82) is 0 Å². The van der Waals surface area contributed by atoms with E-state index in [1.54, 1.807) is 18.2 Å². The van der Waals surface area contributed by atoms with Crippen LogP contribution in [0.25, 0.3) is 0 Å². The molecule has 6 nitrogen and oxygen atoms in total. The van der Waals surface area contributed by atoms with Gasteiger partial charge in [0.05, 0.1) is 5.69 Å². The predicted molar refractivity (Wildman–Crippen MR) is 107 cm³/mol. The molecular formula is C21H21F2N5O. The smallest absolute Gasteiger partial charge is 0.328 e. The summed E-state index contributed by atoms with van der Waals surface area (Å²) in [5, 5.41) is 2.90. The summed E-state index contributed by atoms with van der Waals surface area (Å²) in [4.78, 5) is 15.3. The summed E-state index contributed by atoms with van der Waals surface area (Å²) in [7, 11) is 0. The maximum atomic E-state index is 14.1. The van der Waals surface area contributed by atoms with Crippen LogP contribution in [0.15, 0.2) is 48.5 Å². The molecule has 0 unspecified atom stereocenters. The summed E-state index contributed by atoms with van der Waals surface area (Å²) in [6, 6.07) is 12.2. The van der Waals surface area contributed by atoms with Crippen molar-refractivity contribution in [2.24, 2.45) is 0 Å². The molecule has 1 aliphatic rings. The summed E-state index contributed by atoms with van der Waals surface area (Å²) in [6.45, 7) is 2.94. The molecule has 1 aromatic heterocycles. The second-order valence-electron chi connectivity index (χ2n) is 6.94. The molecule has 4 rings (SSSR count). The summed E-state index contributed by atoms with van der Waals surface area (Å²) >= 11 is 0. The van der Waals surface area contributed by atoms with E-state index in [2.05, 4.69) is 32.1 Å². The van der Waals surface area contributed by atoms with Gasteiger partial charge in [-0.25, -0.2) is 8.78 Å². The Morgan fingerprint density at radius 3 is 2.55 bits per heavy atom. The van der Waals surface area contributed by atoms with Crippen molar-refractivity contribution < 1.29 is 13.5 Å². The van der Waals surface area contributed by atoms with Gasteiger partial charge >= 0.3 is 6.01 Å². The Balaban J connectivity index is 1.68. The average molecular weight is 397 g/mol. The molecule has 2 heterocycles. The first kappa shape index (κ1) is 19.0. The van der Waals surface area contributed by atoms with Gasteiger partial charge in [-0.15, -0.1) is 0 Å². The largest absolute Gasteiger partial charge is 0.424 e. The number of anilines is 3. The molecule has 29 heavy (non-hydrogen) atoms. The Morgan fingerprint density at radius 2 is 1.79 bits per heavy atom. The zero-order valence-electron chi connectivity index (χ0n) is 16.0. The number of hydrogen-bond donors (Lipinski definition) is 1. The van der Waals surface area contributed by atoms with E-state index in [1.807, 2.05) is 0 Å². The van der Waals surface area contributed by atoms with Gasteiger partial charge in [0.25, 0.3) is 0 Å². The third-order valence-electron chi connectivity index (χ3n) is 4.81. The first-order chi connectivity index (χ1) is 14.1. The third-order valence-corrected chi connectivity index (χ3v) is 4.81. The molecule has 1 atom stereocenters. The van der Waals surface area contributed by atoms with Crippen LogP contribution in [0.4, 0.5) is 26.4 Å². The highest BCUT2D eigenvalue weighted by molar-refractivity contribution is 5.55. The minimum absolute atomic E-state index is 0.0539. The van der Waals surface area contributed by atoms with Crippen molar-refractivity contribution in [3.8, 4) is 11.8 Å². The monoisotopic (exact) mass is 397 g/mol. The molecule has 0 saturated carbocycles. The van der Waals surface area contributed by atoms with E-state index in [0.29, 0.717) is 11.7 Å². The van der Waals surface area contributed by atoms with Crippen molar-refractivity contribution in [2.75, 3.05) is 16.8 Å². The lowest BCUT2D eigenvalue weighted by Gasteiger charge is -2.33. The van der Waals surface area contributed by atoms with Crippen LogP contribution in [0.2, 0.25) is 0 Å². The van der Waals surface area contributed by atoms with Crippen molar-refractivity contribution in [1.82, 2.24) is 15.0 Å². The highest BCUT2D eigenvalue weighted by atomic mass is 19.1. The average Bonchev–Trinajstić information content (AvgIpc) is 2.72. The number of hydrogen-bond acceptors (Lipinski definition) is 6. The van der Waals surface area contributed by atoms with Crippen molar-refractivity contribution in [3.05, 3.63) is 60.2 Å². The fourth-order valence-electron chi connectivity index (χ4n) is 3.26. The number of nitrogens with zero attached hydrogens (tertiary/aromatic N) is 4. The quantitative estimate of drug-likeness (QED) is 0.649. The molecule has 2 aromatic carbocycles. The van der Waals surface area contributed by atoms with Crippen LogP contribution < -0.4 is 15.0 Å². The predicted octanol–water partition coefficient (Wildman–Crippen LogP) is 5.06. The van der Waals surface area contributed by atoms with Crippen LogP contribution in [0, 0.1) is 11.6 Å². The normalized spacial score (nSPS) is 16.5. The summed E-state index contributed by atoms with van der Waals surface area (Å²) in [5.74, 6) is 0.254. The summed E-state index contributed by atoms with van der Waals surface area (Å²) in [6.07, 6.45) is 3.23. The number of rotatable bonds is 5. The van der Waals surface area contributed by atoms with E-state index >= 15 is 0 Å². The second-order valence-corrected chi connectivity index (χ2v) is 6.94. The van der Waals surface area contributed by atoms with Crippen molar-refractivity contribution in [2.45, 2.75) is 32.2 Å². The van der Waals surface area contributed by atoms with E-state index in [0.717, 1.165) is 25.8 Å². The number of benzene rings is 2. The van der Waals surface area contributed by atoms with Crippen LogP contribution in [0.5, 0.6) is 11.8 Å². The molecular weight excluding hydrogens is 376 g/mol. The van der Waals surface area contributed by atoms with Crippen LogP contribution in [0.1, 0.15) is 26.2 Å². The number of ether oxygens (including phenoxy) is 1. The molecule has 0 aliphatic carbocycles. The molecule has 0 amide bonds. The lowest BCUT2D eigenvalue weighted by atomic mass is 10.0. The van der Waals surface area contributed by atoms with Crippen LogP contribution in [-0.4, -0.2) is 27.5 Å². The Labute approximate surface area is 167 Å². The van der Waals surface area contributed by atoms with Gasteiger partial charge in [0.15, 0.2) is 0 Å². The van der Waals surface area contributed by atoms with Crippen LogP contribution in [0.3, 0.4) is 0 Å². The van der Waals surface area contributed by atoms with Crippen LogP contribution >= 0.6 is 0 Å². The summed E-state index contributed by atoms with van der Waals surface area (Å²) in [5.41, 5.74) is 0.254. The van der Waals surface area contributed by atoms with E-state index < -0.39 is 5.82 Å². The van der Waals surface area contributed by atoms with E-state index in [-0.39, 0.29) is 29.5 Å². The maximum Gasteiger partial charge on any atom is 0.328 e. The Kier molecular flexibility index (Phi) is 5.50. The van der Waals surface area contributed by atoms with Gasteiger partial charge in [0, 0.05) is 12.6 Å². The zero-order valence-corrected chi connectivity index (χ0v) is 16.0. The molecule has 1 saturated heterocycles. The van der Waals surface area contributed by atoms with Crippen molar-refractivity contribution >= 4 is 17.6 Å². The molecule has 1 fully saturated rings. The maximum absolute atomic E-state index is 14.1. The second kappa shape index (κ2) is 8.38. The fourth-order valence-corrected chi connectivity index (χ4v) is 3.26. The highest BCUT2D eigenvalue weighted by Gasteiger charge is 2.23. The van der Waals surface area contributed by atoms with E-state index in [1.165, 1.54) is 30.3 Å². The van der Waals surface area contributed by atoms with Gasteiger partial charge in [-0.1, -0.05) is 12.1 Å². The Morgan fingerprint density at radius 1 is 1.00 bits per heavy atom. The molecule has 0 spiro atoms. The molecule has 8 heteroatoms. The van der Waals surface area contributed by atoms with Gasteiger partial charge in [-0.05, 0) is 62.6 Å². The fraction of sp³-hybridized carbons (Fsp3) is 0.286. The molecule has 3 aromatic rings. The molecule has 1 aliphatic heterocycles. The number of piperidine rings is 1. The molecule has 150 valence electrons. The third kappa shape index (κ3) is 4.59.